The molecule has 108 valence electrons. The van der Waals surface area contributed by atoms with Gasteiger partial charge in [-0.25, -0.2) is 14.8 Å². The second-order valence-electron chi connectivity index (χ2n) is 4.54. The van der Waals surface area contributed by atoms with Crippen molar-refractivity contribution in [3.8, 4) is 0 Å². The molecule has 1 saturated heterocycles. The van der Waals surface area contributed by atoms with Crippen LogP contribution in [-0.4, -0.2) is 49.2 Å². The molecular weight excluding hydrogens is 262 g/mol. The summed E-state index contributed by atoms with van der Waals surface area (Å²) in [5.74, 6) is -0.310. The number of carbonyl (C=O) groups excluding carboxylic acids is 2. The average molecular weight is 279 g/mol. The van der Waals surface area contributed by atoms with Crippen LogP contribution in [0.5, 0.6) is 0 Å². The highest BCUT2D eigenvalue weighted by atomic mass is 16.5. The van der Waals surface area contributed by atoms with Crippen molar-refractivity contribution in [1.82, 2.24) is 9.97 Å². The monoisotopic (exact) mass is 279 g/mol. The first kappa shape index (κ1) is 14.2. The predicted octanol–water partition coefficient (Wildman–Crippen LogP) is 0.653. The van der Waals surface area contributed by atoms with Crippen molar-refractivity contribution < 1.29 is 19.1 Å². The molecule has 1 unspecified atom stereocenters. The fraction of sp³-hybridized carbons (Fsp3) is 0.538. The average Bonchev–Trinajstić information content (AvgIpc) is 2.53. The van der Waals surface area contributed by atoms with Gasteiger partial charge < -0.3 is 14.4 Å². The van der Waals surface area contributed by atoms with Gasteiger partial charge in [0.15, 0.2) is 0 Å². The number of hydrogen-bond donors (Lipinski definition) is 0. The molecule has 2 rings (SSSR count). The molecule has 0 N–H and O–H groups in total. The van der Waals surface area contributed by atoms with Gasteiger partial charge in [-0.2, -0.15) is 0 Å². The summed E-state index contributed by atoms with van der Waals surface area (Å²) in [6.45, 7) is 1.31. The van der Waals surface area contributed by atoms with Crippen molar-refractivity contribution in [2.75, 3.05) is 32.2 Å². The number of ether oxygens (including phenoxy) is 2. The highest BCUT2D eigenvalue weighted by molar-refractivity contribution is 5.85. The van der Waals surface area contributed by atoms with Gasteiger partial charge in [-0.15, -0.1) is 0 Å². The van der Waals surface area contributed by atoms with Gasteiger partial charge in [-0.05, 0) is 18.9 Å². The van der Waals surface area contributed by atoms with Crippen molar-refractivity contribution in [1.29, 1.82) is 0 Å². The molecule has 0 amide bonds. The molecule has 0 saturated carbocycles. The van der Waals surface area contributed by atoms with E-state index < -0.39 is 5.97 Å². The Morgan fingerprint density at radius 3 is 2.85 bits per heavy atom. The molecule has 1 fully saturated rings. The topological polar surface area (TPSA) is 81.6 Å². The molecular formula is C13H17N3O4. The van der Waals surface area contributed by atoms with Crippen LogP contribution in [0.3, 0.4) is 0 Å². The number of anilines is 1. The summed E-state index contributed by atoms with van der Waals surface area (Å²) in [7, 11) is 2.67. The first-order valence-corrected chi connectivity index (χ1v) is 6.40. The maximum absolute atomic E-state index is 11.6. The van der Waals surface area contributed by atoms with Gasteiger partial charge in [0.05, 0.1) is 20.1 Å². The number of esters is 2. The van der Waals surface area contributed by atoms with Crippen LogP contribution in [0, 0.1) is 5.92 Å². The quantitative estimate of drug-likeness (QED) is 0.751. The standard InChI is InChI=1S/C13H17N3O4/c1-19-12(17)9-4-3-7-16(8-9)10-5-6-14-11(15-10)13(18)20-2/h5-6,9H,3-4,7-8H2,1-2H3. The highest BCUT2D eigenvalue weighted by Gasteiger charge is 2.27. The second-order valence-corrected chi connectivity index (χ2v) is 4.54. The van der Waals surface area contributed by atoms with E-state index in [4.69, 9.17) is 4.74 Å². The normalized spacial score (nSPS) is 18.5. The molecule has 20 heavy (non-hydrogen) atoms. The summed E-state index contributed by atoms with van der Waals surface area (Å²) in [4.78, 5) is 33.0. The van der Waals surface area contributed by atoms with Crippen LogP contribution < -0.4 is 4.90 Å². The molecule has 2 heterocycles. The minimum atomic E-state index is -0.576. The number of hydrogen-bond acceptors (Lipinski definition) is 7. The van der Waals surface area contributed by atoms with Crippen LogP contribution in [-0.2, 0) is 14.3 Å². The Balaban J connectivity index is 2.14. The van der Waals surface area contributed by atoms with E-state index in [-0.39, 0.29) is 17.7 Å². The van der Waals surface area contributed by atoms with Crippen molar-refractivity contribution in [2.45, 2.75) is 12.8 Å². The molecule has 0 aliphatic carbocycles. The van der Waals surface area contributed by atoms with Crippen molar-refractivity contribution in [3.63, 3.8) is 0 Å². The van der Waals surface area contributed by atoms with Crippen molar-refractivity contribution in [2.24, 2.45) is 5.92 Å². The predicted molar refractivity (Wildman–Crippen MR) is 70.3 cm³/mol. The fourth-order valence-corrected chi connectivity index (χ4v) is 2.26. The van der Waals surface area contributed by atoms with Gasteiger partial charge in [0.25, 0.3) is 0 Å². The lowest BCUT2D eigenvalue weighted by molar-refractivity contribution is -0.145. The van der Waals surface area contributed by atoms with Crippen LogP contribution in [0.4, 0.5) is 5.82 Å². The summed E-state index contributed by atoms with van der Waals surface area (Å²) in [6, 6.07) is 1.71. The second kappa shape index (κ2) is 6.31. The van der Waals surface area contributed by atoms with Crippen molar-refractivity contribution in [3.05, 3.63) is 18.1 Å². The molecule has 1 aromatic rings. The summed E-state index contributed by atoms with van der Waals surface area (Å²) in [5, 5.41) is 0. The fourth-order valence-electron chi connectivity index (χ4n) is 2.26. The van der Waals surface area contributed by atoms with Crippen LogP contribution >= 0.6 is 0 Å². The molecule has 1 aliphatic rings. The summed E-state index contributed by atoms with van der Waals surface area (Å²) in [6.07, 6.45) is 3.19. The minimum Gasteiger partial charge on any atom is -0.469 e. The molecule has 0 bridgehead atoms. The van der Waals surface area contributed by atoms with E-state index in [0.717, 1.165) is 19.4 Å². The third-order valence-corrected chi connectivity index (χ3v) is 3.29. The van der Waals surface area contributed by atoms with Crippen LogP contribution in [0.2, 0.25) is 0 Å². The Bertz CT molecular complexity index is 506. The zero-order valence-electron chi connectivity index (χ0n) is 11.5. The maximum atomic E-state index is 11.6. The van der Waals surface area contributed by atoms with Gasteiger partial charge in [0.1, 0.15) is 5.82 Å². The number of carbonyl (C=O) groups is 2. The smallest absolute Gasteiger partial charge is 0.376 e. The molecule has 1 aliphatic heterocycles. The van der Waals surface area contributed by atoms with Gasteiger partial charge >= 0.3 is 11.9 Å². The van der Waals surface area contributed by atoms with E-state index in [9.17, 15) is 9.59 Å². The molecule has 0 radical (unpaired) electrons. The van der Waals surface area contributed by atoms with E-state index in [0.29, 0.717) is 12.4 Å². The van der Waals surface area contributed by atoms with E-state index in [1.165, 1.54) is 20.4 Å². The van der Waals surface area contributed by atoms with E-state index in [1.54, 1.807) is 6.07 Å². The van der Waals surface area contributed by atoms with Crippen LogP contribution in [0.1, 0.15) is 23.5 Å². The Morgan fingerprint density at radius 2 is 2.15 bits per heavy atom. The largest absolute Gasteiger partial charge is 0.469 e. The lowest BCUT2D eigenvalue weighted by Crippen LogP contribution is -2.39. The molecule has 0 aromatic carbocycles. The molecule has 1 aromatic heterocycles. The first-order chi connectivity index (χ1) is 9.65. The van der Waals surface area contributed by atoms with Gasteiger partial charge in [-0.1, -0.05) is 0 Å². The Hall–Kier alpha value is -2.18. The van der Waals surface area contributed by atoms with Gasteiger partial charge in [0, 0.05) is 19.3 Å². The lowest BCUT2D eigenvalue weighted by Gasteiger charge is -2.32. The number of rotatable bonds is 3. The molecule has 0 spiro atoms. The Morgan fingerprint density at radius 1 is 1.35 bits per heavy atom. The number of nitrogens with zero attached hydrogens (tertiary/aromatic N) is 3. The van der Waals surface area contributed by atoms with E-state index in [2.05, 4.69) is 14.7 Å². The molecule has 7 nitrogen and oxygen atoms in total. The van der Waals surface area contributed by atoms with Gasteiger partial charge in [-0.3, -0.25) is 4.79 Å². The minimum absolute atomic E-state index is 0.0187. The van der Waals surface area contributed by atoms with E-state index in [1.807, 2.05) is 4.90 Å². The van der Waals surface area contributed by atoms with Crippen LogP contribution in [0.15, 0.2) is 12.3 Å². The summed E-state index contributed by atoms with van der Waals surface area (Å²) >= 11 is 0. The van der Waals surface area contributed by atoms with Crippen LogP contribution in [0.25, 0.3) is 0 Å². The Kier molecular flexibility index (Phi) is 4.49. The highest BCUT2D eigenvalue weighted by Crippen LogP contribution is 2.22. The maximum Gasteiger partial charge on any atom is 0.376 e. The van der Waals surface area contributed by atoms with E-state index >= 15 is 0 Å². The number of aromatic nitrogens is 2. The number of piperidine rings is 1. The first-order valence-electron chi connectivity index (χ1n) is 6.40. The molecule has 1 atom stereocenters. The third kappa shape index (κ3) is 3.04. The summed E-state index contributed by atoms with van der Waals surface area (Å²) in [5.41, 5.74) is 0. The third-order valence-electron chi connectivity index (χ3n) is 3.29. The van der Waals surface area contributed by atoms with Gasteiger partial charge in [0.2, 0.25) is 5.82 Å². The zero-order chi connectivity index (χ0) is 14.5. The SMILES string of the molecule is COC(=O)c1nccc(N2CCCC(C(=O)OC)C2)n1. The number of methoxy groups -OCH3 is 2. The lowest BCUT2D eigenvalue weighted by atomic mass is 9.98. The van der Waals surface area contributed by atoms with Crippen molar-refractivity contribution >= 4 is 17.8 Å². The zero-order valence-corrected chi connectivity index (χ0v) is 11.5. The Labute approximate surface area is 116 Å². The summed E-state index contributed by atoms with van der Waals surface area (Å²) < 4.78 is 9.38. The molecule has 7 heteroatoms.